The molecule has 3 saturated heterocycles. The third-order valence-corrected chi connectivity index (χ3v) is 19.6. The van der Waals surface area contributed by atoms with Crippen LogP contribution in [0, 0.1) is 29.6 Å². The van der Waals surface area contributed by atoms with Gasteiger partial charge in [-0.05, 0) is 116 Å². The Morgan fingerprint density at radius 3 is 1.53 bits per heavy atom. The number of methoxy groups -OCH3 is 2. The second kappa shape index (κ2) is 37.3. The zero-order chi connectivity index (χ0) is 67.7. The number of likely N-dealkylation sites (tertiary alicyclic amines) is 1. The number of nitrogens with zero attached hydrogens (tertiary/aromatic N) is 1. The van der Waals surface area contributed by atoms with Crippen LogP contribution < -0.4 is 9.47 Å². The van der Waals surface area contributed by atoms with E-state index in [2.05, 4.69) is 34.6 Å². The van der Waals surface area contributed by atoms with E-state index in [1.54, 1.807) is 67.7 Å². The Bertz CT molecular complexity index is 3120. The zero-order valence-electron chi connectivity index (χ0n) is 57.0. The van der Waals surface area contributed by atoms with Crippen molar-refractivity contribution in [3.8, 4) is 11.5 Å². The Balaban J connectivity index is 0.755. The fourth-order valence-electron chi connectivity index (χ4n) is 13.2. The number of ether oxygens (including phenoxy) is 10. The summed E-state index contributed by atoms with van der Waals surface area (Å²) in [7, 11) is 3.25. The lowest BCUT2D eigenvalue weighted by molar-refractivity contribution is -0.327. The van der Waals surface area contributed by atoms with E-state index >= 15 is 0 Å². The predicted octanol–water partition coefficient (Wildman–Crippen LogP) is 14.3. The Morgan fingerprint density at radius 2 is 0.979 bits per heavy atom. The minimum Gasteiger partial charge on any atom is -0.497 e. The van der Waals surface area contributed by atoms with E-state index in [9.17, 15) is 28.8 Å². The van der Waals surface area contributed by atoms with E-state index in [0.29, 0.717) is 61.3 Å². The van der Waals surface area contributed by atoms with Gasteiger partial charge in [0.15, 0.2) is 12.6 Å². The molecule has 5 aromatic carbocycles. The molecule has 0 spiro atoms. The molecule has 5 aromatic rings. The number of ketones is 2. The lowest BCUT2D eigenvalue weighted by Gasteiger charge is -2.48. The fraction of sp³-hybridized carbons (Fsp3) is 0.538. The average Bonchev–Trinajstić information content (AvgIpc) is 1.08. The minimum atomic E-state index is -1.12. The summed E-state index contributed by atoms with van der Waals surface area (Å²) in [6.07, 6.45) is 7.25. The highest BCUT2D eigenvalue weighted by atomic mass is 16.7. The van der Waals surface area contributed by atoms with E-state index < -0.39 is 66.5 Å². The summed E-state index contributed by atoms with van der Waals surface area (Å²) in [6, 6.07) is 42.9. The van der Waals surface area contributed by atoms with Crippen molar-refractivity contribution in [1.29, 1.82) is 0 Å². The molecule has 0 radical (unpaired) electrons. The molecule has 1 amide bonds. The van der Waals surface area contributed by atoms with Crippen molar-refractivity contribution in [2.24, 2.45) is 29.6 Å². The van der Waals surface area contributed by atoms with Crippen LogP contribution in [0.1, 0.15) is 182 Å². The molecular weight excluding hydrogens is 1210 g/mol. The SMILES string of the molecule is COc1ccc(C(OC[C@@H]2C[C@@H](OC(=O)CCC(C)=O)CN2C(=O)CCCCCCC(=O)CCCCCCCCOC2OC(COC(=O)c3ccccc3)C(OC3OC(COC(=O)c4ccccc4)C(C)C(C)C3C)C(C)C2C)(c2ccccc2)c2ccc(OC)cc2)cc1. The number of hydrogen-bond acceptors (Lipinski definition) is 16. The molecular formula is C78H101NO16. The number of rotatable bonds is 37. The number of benzene rings is 5. The molecule has 10 unspecified atom stereocenters. The maximum atomic E-state index is 14.2. The van der Waals surface area contributed by atoms with Crippen molar-refractivity contribution in [3.05, 3.63) is 167 Å². The van der Waals surface area contributed by atoms with Crippen molar-refractivity contribution < 1.29 is 76.1 Å². The van der Waals surface area contributed by atoms with Gasteiger partial charge in [0.05, 0.1) is 63.2 Å². The highest BCUT2D eigenvalue weighted by molar-refractivity contribution is 5.90. The van der Waals surface area contributed by atoms with Crippen LogP contribution in [0.4, 0.5) is 0 Å². The molecule has 3 heterocycles. The normalized spacial score (nSPS) is 23.5. The standard InChI is InChI=1S/C78H101NO16/c1-53(80)37-46-72(83)92-68-48-64(50-91-78(61-32-22-17-23-33-61,62-38-42-66(86-7)43-39-62)63-40-44-67(87-8)45-41-63)79(49-68)71(82)36-26-13-12-25-35-65(81)34-24-11-9-10-14-27-47-88-76-58(6)56(4)73(70(94-76)52-90-75(85)60-30-20-16-21-31-60)95-77-57(5)54(2)55(3)69(93-77)51-89-74(84)59-28-18-15-19-29-59/h15-23,28-33,38-45,54-58,64,68-70,73,76-77H,9-14,24-27,34-37,46-52H2,1-8H3/t54?,55?,56?,57?,58?,64-,68+,69?,70?,73?,76?,77?/m0/s1. The Labute approximate surface area is 562 Å². The van der Waals surface area contributed by atoms with Crippen LogP contribution in [0.5, 0.6) is 11.5 Å². The predicted molar refractivity (Wildman–Crippen MR) is 361 cm³/mol. The van der Waals surface area contributed by atoms with Gasteiger partial charge < -0.3 is 57.1 Å². The van der Waals surface area contributed by atoms with Crippen LogP contribution in [0.3, 0.4) is 0 Å². The summed E-state index contributed by atoms with van der Waals surface area (Å²) >= 11 is 0. The van der Waals surface area contributed by atoms with Gasteiger partial charge in [-0.1, -0.05) is 164 Å². The summed E-state index contributed by atoms with van der Waals surface area (Å²) in [6.45, 7) is 12.9. The maximum absolute atomic E-state index is 14.2. The first-order valence-corrected chi connectivity index (χ1v) is 34.5. The van der Waals surface area contributed by atoms with E-state index in [1.807, 2.05) is 91.0 Å². The minimum absolute atomic E-state index is 0.00762. The third kappa shape index (κ3) is 20.9. The first-order valence-electron chi connectivity index (χ1n) is 34.5. The molecule has 0 aromatic heterocycles. The Hall–Kier alpha value is -7.28. The van der Waals surface area contributed by atoms with Gasteiger partial charge in [-0.25, -0.2) is 9.59 Å². The second-order valence-corrected chi connectivity index (χ2v) is 26.2. The number of Topliss-reactive ketones (excluding diaryl/α,β-unsaturated/α-hetero) is 2. The molecule has 0 bridgehead atoms. The lowest BCUT2D eigenvalue weighted by Crippen LogP contribution is -2.56. The summed E-state index contributed by atoms with van der Waals surface area (Å²) in [5, 5.41) is 0. The van der Waals surface area contributed by atoms with Crippen molar-refractivity contribution in [1.82, 2.24) is 4.90 Å². The van der Waals surface area contributed by atoms with Crippen molar-refractivity contribution in [3.63, 3.8) is 0 Å². The molecule has 12 atom stereocenters. The van der Waals surface area contributed by atoms with Gasteiger partial charge in [0.1, 0.15) is 54.1 Å². The van der Waals surface area contributed by atoms with Gasteiger partial charge in [-0.3, -0.25) is 14.4 Å². The van der Waals surface area contributed by atoms with Gasteiger partial charge in [-0.15, -0.1) is 0 Å². The molecule has 514 valence electrons. The van der Waals surface area contributed by atoms with Crippen LogP contribution >= 0.6 is 0 Å². The molecule has 3 fully saturated rings. The summed E-state index contributed by atoms with van der Waals surface area (Å²) < 4.78 is 62.5. The highest BCUT2D eigenvalue weighted by Crippen LogP contribution is 2.44. The fourth-order valence-corrected chi connectivity index (χ4v) is 13.2. The summed E-state index contributed by atoms with van der Waals surface area (Å²) in [5.41, 5.74) is 2.39. The highest BCUT2D eigenvalue weighted by Gasteiger charge is 2.49. The van der Waals surface area contributed by atoms with E-state index in [1.165, 1.54) is 6.92 Å². The van der Waals surface area contributed by atoms with Crippen molar-refractivity contribution in [2.45, 2.75) is 193 Å². The van der Waals surface area contributed by atoms with Gasteiger partial charge in [0.25, 0.3) is 0 Å². The van der Waals surface area contributed by atoms with Crippen molar-refractivity contribution >= 4 is 35.4 Å². The molecule has 3 aliphatic rings. The van der Waals surface area contributed by atoms with E-state index in [4.69, 9.17) is 47.4 Å². The molecule has 17 nitrogen and oxygen atoms in total. The number of unbranched alkanes of at least 4 members (excludes halogenated alkanes) is 8. The van der Waals surface area contributed by atoms with E-state index in [-0.39, 0.29) is 86.3 Å². The molecule has 17 heteroatoms. The Kier molecular flexibility index (Phi) is 28.9. The zero-order valence-corrected chi connectivity index (χ0v) is 57.0. The summed E-state index contributed by atoms with van der Waals surface area (Å²) in [5.74, 6) is 0.334. The van der Waals surface area contributed by atoms with Crippen LogP contribution in [0.25, 0.3) is 0 Å². The monoisotopic (exact) mass is 1310 g/mol. The smallest absolute Gasteiger partial charge is 0.338 e. The lowest BCUT2D eigenvalue weighted by atomic mass is 9.78. The van der Waals surface area contributed by atoms with Gasteiger partial charge >= 0.3 is 17.9 Å². The quantitative estimate of drug-likeness (QED) is 0.0157. The molecule has 95 heavy (non-hydrogen) atoms. The number of amides is 1. The number of hydrogen-bond donors (Lipinski definition) is 0. The molecule has 8 rings (SSSR count). The maximum Gasteiger partial charge on any atom is 0.338 e. The number of esters is 3. The molecule has 0 N–H and O–H groups in total. The van der Waals surface area contributed by atoms with Gasteiger partial charge in [0.2, 0.25) is 5.91 Å². The first kappa shape index (κ1) is 73.5. The second-order valence-electron chi connectivity index (χ2n) is 26.2. The van der Waals surface area contributed by atoms with Crippen LogP contribution in [-0.4, -0.2) is 131 Å². The van der Waals surface area contributed by atoms with Gasteiger partial charge in [-0.2, -0.15) is 0 Å². The third-order valence-electron chi connectivity index (χ3n) is 19.6. The van der Waals surface area contributed by atoms with Gasteiger partial charge in [0, 0.05) is 50.5 Å². The summed E-state index contributed by atoms with van der Waals surface area (Å²) in [4.78, 5) is 79.9. The largest absolute Gasteiger partial charge is 0.497 e. The number of carbonyl (C=O) groups excluding carboxylic acids is 6. The van der Waals surface area contributed by atoms with Crippen LogP contribution in [-0.2, 0) is 62.7 Å². The molecule has 3 aliphatic heterocycles. The first-order chi connectivity index (χ1) is 46.0. The molecule has 0 saturated carbocycles. The Morgan fingerprint density at radius 1 is 0.495 bits per heavy atom. The van der Waals surface area contributed by atoms with E-state index in [0.717, 1.165) is 74.5 Å². The van der Waals surface area contributed by atoms with Crippen molar-refractivity contribution in [2.75, 3.05) is 47.2 Å². The topological polar surface area (TPSA) is 198 Å². The van der Waals surface area contributed by atoms with Crippen LogP contribution in [0.2, 0.25) is 0 Å². The molecule has 0 aliphatic carbocycles. The average molecular weight is 1310 g/mol. The number of carbonyl (C=O) groups is 6. The van der Waals surface area contributed by atoms with Crippen LogP contribution in [0.15, 0.2) is 140 Å².